The summed E-state index contributed by atoms with van der Waals surface area (Å²) in [5, 5.41) is 3.52. The van der Waals surface area contributed by atoms with Crippen molar-refractivity contribution in [3.63, 3.8) is 0 Å². The molecular weight excluding hydrogens is 612 g/mol. The van der Waals surface area contributed by atoms with Crippen LogP contribution < -0.4 is 14.9 Å². The summed E-state index contributed by atoms with van der Waals surface area (Å²) in [6, 6.07) is 33.1. The van der Waals surface area contributed by atoms with Crippen molar-refractivity contribution in [2.45, 2.75) is 23.3 Å². The van der Waals surface area contributed by atoms with Gasteiger partial charge < -0.3 is 10.2 Å². The van der Waals surface area contributed by atoms with Gasteiger partial charge in [0.05, 0.1) is 0 Å². The fraction of sp³-hybridized carbons (Fsp3) is 0.242. The summed E-state index contributed by atoms with van der Waals surface area (Å²) in [5.74, 6) is 0.912. The van der Waals surface area contributed by atoms with Crippen molar-refractivity contribution in [1.29, 1.82) is 0 Å². The molecule has 1 aliphatic rings. The number of amides is 1. The van der Waals surface area contributed by atoms with Crippen LogP contribution in [-0.4, -0.2) is 49.3 Å². The van der Waals surface area contributed by atoms with E-state index in [4.69, 9.17) is 0 Å². The fourth-order valence-corrected chi connectivity index (χ4v) is 6.69. The van der Waals surface area contributed by atoms with Crippen molar-refractivity contribution in [3.05, 3.63) is 118 Å². The summed E-state index contributed by atoms with van der Waals surface area (Å²) in [7, 11) is 0. The van der Waals surface area contributed by atoms with Crippen LogP contribution in [0.2, 0.25) is 0 Å². The molecule has 0 bridgehead atoms. The lowest BCUT2D eigenvalue weighted by Crippen LogP contribution is -2.46. The number of nitrogens with one attached hydrogen (secondary N) is 2. The lowest BCUT2D eigenvalue weighted by atomic mass is 10.1. The Morgan fingerprint density at radius 1 is 0.854 bits per heavy atom. The molecule has 0 unspecified atom stereocenters. The van der Waals surface area contributed by atoms with Gasteiger partial charge in [0, 0.05) is 76.2 Å². The predicted molar refractivity (Wildman–Crippen MR) is 178 cm³/mol. The van der Waals surface area contributed by atoms with E-state index in [2.05, 4.69) is 115 Å². The zero-order valence-corrected chi connectivity index (χ0v) is 26.4. The fourth-order valence-electron chi connectivity index (χ4n) is 4.79. The first-order chi connectivity index (χ1) is 20.0. The van der Waals surface area contributed by atoms with E-state index >= 15 is 0 Å². The Labute approximate surface area is 260 Å². The maximum atomic E-state index is 12.8. The van der Waals surface area contributed by atoms with Crippen molar-refractivity contribution >= 4 is 56.9 Å². The number of benzene rings is 4. The lowest BCUT2D eigenvalue weighted by Gasteiger charge is -2.36. The highest BCUT2D eigenvalue weighted by molar-refractivity contribution is 9.10. The van der Waals surface area contributed by atoms with Crippen LogP contribution in [0.1, 0.15) is 21.5 Å². The summed E-state index contributed by atoms with van der Waals surface area (Å²) in [6.07, 6.45) is 0. The molecule has 212 valence electrons. The summed E-state index contributed by atoms with van der Waals surface area (Å²) < 4.78 is 4.16. The molecule has 5 nitrogen and oxygen atoms in total. The Morgan fingerprint density at radius 2 is 1.59 bits per heavy atom. The maximum absolute atomic E-state index is 12.8. The lowest BCUT2D eigenvalue weighted by molar-refractivity contribution is 0.0984. The number of carbonyl (C=O) groups excluding carboxylic acids is 1. The van der Waals surface area contributed by atoms with Gasteiger partial charge in [0.25, 0.3) is 5.91 Å². The molecule has 1 saturated heterocycles. The Kier molecular flexibility index (Phi) is 10.7. The summed E-state index contributed by atoms with van der Waals surface area (Å²) in [5.41, 5.74) is 5.44. The number of piperazine rings is 1. The average Bonchev–Trinajstić information content (AvgIpc) is 3.01. The minimum atomic E-state index is -0.0856. The van der Waals surface area contributed by atoms with Gasteiger partial charge in [-0.1, -0.05) is 52.3 Å². The van der Waals surface area contributed by atoms with Crippen molar-refractivity contribution in [1.82, 2.24) is 9.62 Å². The molecule has 0 aliphatic carbocycles. The van der Waals surface area contributed by atoms with Crippen LogP contribution in [0, 0.1) is 6.92 Å². The van der Waals surface area contributed by atoms with E-state index in [1.807, 2.05) is 36.0 Å². The number of thioether (sulfide) groups is 1. The van der Waals surface area contributed by atoms with Gasteiger partial charge in [0.15, 0.2) is 0 Å². The number of halogens is 1. The topological polar surface area (TPSA) is 47.6 Å². The predicted octanol–water partition coefficient (Wildman–Crippen LogP) is 7.72. The van der Waals surface area contributed by atoms with Gasteiger partial charge in [-0.05, 0) is 90.7 Å². The van der Waals surface area contributed by atoms with Gasteiger partial charge >= 0.3 is 0 Å². The number of hydrogen-bond donors (Lipinski definition) is 2. The monoisotopic (exact) mass is 646 g/mol. The van der Waals surface area contributed by atoms with E-state index in [1.165, 1.54) is 26.9 Å². The number of nitrogens with zero attached hydrogens (tertiary/aromatic N) is 2. The molecule has 1 fully saturated rings. The Hall–Kier alpha value is -2.91. The van der Waals surface area contributed by atoms with Gasteiger partial charge in [-0.2, -0.15) is 0 Å². The third-order valence-corrected chi connectivity index (χ3v) is 9.67. The first-order valence-corrected chi connectivity index (χ1v) is 16.4. The molecule has 2 N–H and O–H groups in total. The Balaban J connectivity index is 1.05. The first kappa shape index (κ1) is 29.6. The van der Waals surface area contributed by atoms with Crippen LogP contribution in [0.15, 0.2) is 111 Å². The minimum absolute atomic E-state index is 0.0856. The third kappa shape index (κ3) is 8.55. The number of rotatable bonds is 11. The molecule has 1 aliphatic heterocycles. The van der Waals surface area contributed by atoms with Crippen molar-refractivity contribution in [2.24, 2.45) is 0 Å². The smallest absolute Gasteiger partial charge is 0.261 e. The van der Waals surface area contributed by atoms with Crippen molar-refractivity contribution < 1.29 is 4.79 Å². The van der Waals surface area contributed by atoms with Gasteiger partial charge in [-0.25, -0.2) is 0 Å². The number of anilines is 2. The number of hydrogen-bond acceptors (Lipinski definition) is 6. The van der Waals surface area contributed by atoms with E-state index in [0.29, 0.717) is 5.56 Å². The van der Waals surface area contributed by atoms with E-state index in [1.54, 1.807) is 0 Å². The van der Waals surface area contributed by atoms with Crippen molar-refractivity contribution in [2.75, 3.05) is 48.7 Å². The van der Waals surface area contributed by atoms with Gasteiger partial charge in [0.1, 0.15) is 0 Å². The van der Waals surface area contributed by atoms with Crippen LogP contribution >= 0.6 is 39.6 Å². The van der Waals surface area contributed by atoms with Crippen LogP contribution in [0.4, 0.5) is 11.4 Å². The molecule has 4 aromatic rings. The van der Waals surface area contributed by atoms with Crippen LogP contribution in [0.25, 0.3) is 0 Å². The molecule has 1 amide bonds. The van der Waals surface area contributed by atoms with Gasteiger partial charge in [-0.3, -0.25) is 14.4 Å². The molecular formula is C33H35BrN4OS2. The highest BCUT2D eigenvalue weighted by Crippen LogP contribution is 2.25. The van der Waals surface area contributed by atoms with E-state index in [0.717, 1.165) is 66.9 Å². The van der Waals surface area contributed by atoms with Crippen LogP contribution in [0.5, 0.6) is 0 Å². The molecule has 1 heterocycles. The number of carbonyl (C=O) groups is 1. The third-order valence-electron chi connectivity index (χ3n) is 7.11. The highest BCUT2D eigenvalue weighted by atomic mass is 79.9. The SMILES string of the molecule is Cc1cc(SNC(=O)c2ccc(N3CCN(Cc4ccccc4Br)CC3)cc2)ccc1NCCSc1ccccc1. The molecule has 0 aromatic heterocycles. The van der Waals surface area contributed by atoms with Crippen LogP contribution in [0.3, 0.4) is 0 Å². The normalized spacial score (nSPS) is 13.7. The second-order valence-electron chi connectivity index (χ2n) is 10.00. The molecule has 0 atom stereocenters. The Morgan fingerprint density at radius 3 is 2.32 bits per heavy atom. The highest BCUT2D eigenvalue weighted by Gasteiger charge is 2.18. The molecule has 8 heteroatoms. The summed E-state index contributed by atoms with van der Waals surface area (Å²) in [6.45, 7) is 7.92. The summed E-state index contributed by atoms with van der Waals surface area (Å²) >= 11 is 6.86. The zero-order chi connectivity index (χ0) is 28.4. The maximum Gasteiger partial charge on any atom is 0.261 e. The molecule has 4 aromatic carbocycles. The second-order valence-corrected chi connectivity index (χ2v) is 12.9. The average molecular weight is 648 g/mol. The standard InChI is InChI=1S/C33H35BrN4OS2/c1-25-23-30(15-16-32(25)35-17-22-40-29-8-3-2-4-9-29)41-36-33(39)26-11-13-28(14-12-26)38-20-18-37(19-21-38)24-27-7-5-6-10-31(27)34/h2-16,23,35H,17-22,24H2,1H3,(H,36,39). The van der Waals surface area contributed by atoms with Crippen LogP contribution in [-0.2, 0) is 6.54 Å². The molecule has 5 rings (SSSR count). The molecule has 41 heavy (non-hydrogen) atoms. The van der Waals surface area contributed by atoms with Gasteiger partial charge in [0.2, 0.25) is 0 Å². The largest absolute Gasteiger partial charge is 0.384 e. The zero-order valence-electron chi connectivity index (χ0n) is 23.2. The van der Waals surface area contributed by atoms with Gasteiger partial charge in [-0.15, -0.1) is 11.8 Å². The van der Waals surface area contributed by atoms with E-state index < -0.39 is 0 Å². The molecule has 0 spiro atoms. The molecule has 0 saturated carbocycles. The first-order valence-electron chi connectivity index (χ1n) is 13.9. The Bertz CT molecular complexity index is 1430. The number of aryl methyl sites for hydroxylation is 1. The second kappa shape index (κ2) is 14.8. The van der Waals surface area contributed by atoms with E-state index in [-0.39, 0.29) is 5.91 Å². The van der Waals surface area contributed by atoms with E-state index in [9.17, 15) is 4.79 Å². The van der Waals surface area contributed by atoms with Crippen molar-refractivity contribution in [3.8, 4) is 0 Å². The minimum Gasteiger partial charge on any atom is -0.384 e. The quantitative estimate of drug-likeness (QED) is 0.0988. The molecule has 0 radical (unpaired) electrons. The summed E-state index contributed by atoms with van der Waals surface area (Å²) in [4.78, 5) is 20.0.